The Morgan fingerprint density at radius 3 is 2.32 bits per heavy atom. The fourth-order valence-electron chi connectivity index (χ4n) is 6.98. The molecule has 2 aliphatic rings. The number of esters is 1. The molecule has 4 aromatic rings. The minimum atomic E-state index is -3.98. The Labute approximate surface area is 295 Å². The SMILES string of the molecule is CCOC(=O)c1oc2ccc(S(=O)(=O)N(CCc3ccccc3)Cc3ccccc3N3CCC4(CC3)CN(C(=O)OC(C)(C)C)C4)cc2c1C. The van der Waals surface area contributed by atoms with Gasteiger partial charge in [0.05, 0.1) is 11.5 Å². The molecule has 11 heteroatoms. The molecule has 10 nitrogen and oxygen atoms in total. The van der Waals surface area contributed by atoms with Crippen LogP contribution in [0.2, 0.25) is 0 Å². The van der Waals surface area contributed by atoms with Gasteiger partial charge in [0, 0.05) is 61.3 Å². The van der Waals surface area contributed by atoms with Gasteiger partial charge in [0.1, 0.15) is 11.2 Å². The van der Waals surface area contributed by atoms with Crippen molar-refractivity contribution in [1.82, 2.24) is 9.21 Å². The number of benzene rings is 3. The van der Waals surface area contributed by atoms with Gasteiger partial charge in [-0.05, 0) is 89.3 Å². The maximum atomic E-state index is 14.5. The van der Waals surface area contributed by atoms with E-state index in [1.54, 1.807) is 41.3 Å². The summed E-state index contributed by atoms with van der Waals surface area (Å²) in [6, 6.07) is 22.6. The Morgan fingerprint density at radius 1 is 0.960 bits per heavy atom. The van der Waals surface area contributed by atoms with E-state index in [4.69, 9.17) is 13.9 Å². The average Bonchev–Trinajstić information content (AvgIpc) is 3.41. The molecule has 266 valence electrons. The third-order valence-electron chi connectivity index (χ3n) is 9.71. The zero-order valence-electron chi connectivity index (χ0n) is 29.6. The standard InChI is InChI=1S/C39H47N3O7S/c1-6-47-36(43)35-28(2)32-24-31(16-17-34(32)48-35)50(45,46)42(21-18-29-12-8-7-9-13-29)25-30-14-10-11-15-33(30)40-22-19-39(20-23-40)26-41(27-39)37(44)49-38(3,4)5/h7-17,24H,6,18-23,25-27H2,1-5H3. The first-order chi connectivity index (χ1) is 23.8. The highest BCUT2D eigenvalue weighted by atomic mass is 32.2. The molecule has 2 saturated heterocycles. The van der Waals surface area contributed by atoms with Crippen LogP contribution in [0.25, 0.3) is 11.0 Å². The van der Waals surface area contributed by atoms with Crippen molar-refractivity contribution >= 4 is 38.7 Å². The van der Waals surface area contributed by atoms with Gasteiger partial charge in [-0.25, -0.2) is 18.0 Å². The largest absolute Gasteiger partial charge is 0.460 e. The van der Waals surface area contributed by atoms with Crippen LogP contribution >= 0.6 is 0 Å². The van der Waals surface area contributed by atoms with Gasteiger partial charge < -0.3 is 23.7 Å². The van der Waals surface area contributed by atoms with E-state index in [2.05, 4.69) is 11.0 Å². The van der Waals surface area contributed by atoms with Gasteiger partial charge in [-0.15, -0.1) is 0 Å². The monoisotopic (exact) mass is 701 g/mol. The number of para-hydroxylation sites is 1. The molecule has 2 fully saturated rings. The van der Waals surface area contributed by atoms with Crippen LogP contribution in [0.3, 0.4) is 0 Å². The van der Waals surface area contributed by atoms with Crippen molar-refractivity contribution in [3.05, 3.63) is 95.2 Å². The fourth-order valence-corrected chi connectivity index (χ4v) is 8.43. The summed E-state index contributed by atoms with van der Waals surface area (Å²) < 4.78 is 47.0. The molecule has 0 unspecified atom stereocenters. The van der Waals surface area contributed by atoms with Gasteiger partial charge in [-0.1, -0.05) is 48.5 Å². The van der Waals surface area contributed by atoms with E-state index in [9.17, 15) is 18.0 Å². The van der Waals surface area contributed by atoms with Crippen molar-refractivity contribution in [2.75, 3.05) is 44.2 Å². The topological polar surface area (TPSA) is 110 Å². The van der Waals surface area contributed by atoms with Crippen LogP contribution in [-0.2, 0) is 32.5 Å². The van der Waals surface area contributed by atoms with E-state index in [-0.39, 0.29) is 41.9 Å². The van der Waals surface area contributed by atoms with Crippen molar-refractivity contribution in [3.63, 3.8) is 0 Å². The van der Waals surface area contributed by atoms with E-state index in [1.165, 1.54) is 0 Å². The molecule has 0 aliphatic carbocycles. The molecular formula is C39H47N3O7S. The summed E-state index contributed by atoms with van der Waals surface area (Å²) in [4.78, 5) is 29.3. The third-order valence-corrected chi connectivity index (χ3v) is 11.5. The second-order valence-corrected chi connectivity index (χ2v) is 16.4. The number of likely N-dealkylation sites (tertiary alicyclic amines) is 1. The van der Waals surface area contributed by atoms with Gasteiger partial charge in [-0.2, -0.15) is 4.31 Å². The first kappa shape index (κ1) is 35.5. The van der Waals surface area contributed by atoms with E-state index < -0.39 is 21.6 Å². The number of fused-ring (bicyclic) bond motifs is 1. The lowest BCUT2D eigenvalue weighted by Crippen LogP contribution is -2.62. The highest BCUT2D eigenvalue weighted by molar-refractivity contribution is 7.89. The summed E-state index contributed by atoms with van der Waals surface area (Å²) in [5.74, 6) is -0.498. The molecule has 1 amide bonds. The Morgan fingerprint density at radius 2 is 1.64 bits per heavy atom. The van der Waals surface area contributed by atoms with Crippen molar-refractivity contribution in [2.45, 2.75) is 70.9 Å². The van der Waals surface area contributed by atoms with E-state index >= 15 is 0 Å². The molecule has 3 heterocycles. The number of hydrogen-bond donors (Lipinski definition) is 0. The van der Waals surface area contributed by atoms with Gasteiger partial charge in [0.15, 0.2) is 0 Å². The molecule has 6 rings (SSSR count). The number of amides is 1. The van der Waals surface area contributed by atoms with E-state index in [0.29, 0.717) is 36.0 Å². The molecule has 2 aliphatic heterocycles. The second-order valence-electron chi connectivity index (χ2n) is 14.5. The molecule has 0 bridgehead atoms. The summed E-state index contributed by atoms with van der Waals surface area (Å²) in [6.45, 7) is 12.8. The van der Waals surface area contributed by atoms with Crippen LogP contribution in [0.4, 0.5) is 10.5 Å². The molecule has 0 saturated carbocycles. The molecule has 0 radical (unpaired) electrons. The number of hydrogen-bond acceptors (Lipinski definition) is 8. The third kappa shape index (κ3) is 7.54. The zero-order chi connectivity index (χ0) is 35.7. The van der Waals surface area contributed by atoms with Crippen LogP contribution in [-0.4, -0.2) is 74.6 Å². The van der Waals surface area contributed by atoms with Crippen LogP contribution < -0.4 is 4.90 Å². The number of piperidine rings is 1. The van der Waals surface area contributed by atoms with Gasteiger partial charge in [0.25, 0.3) is 0 Å². The van der Waals surface area contributed by atoms with Crippen LogP contribution in [0, 0.1) is 12.3 Å². The van der Waals surface area contributed by atoms with Crippen molar-refractivity contribution in [3.8, 4) is 0 Å². The second kappa shape index (κ2) is 14.1. The maximum absolute atomic E-state index is 14.5. The van der Waals surface area contributed by atoms with Gasteiger partial charge in [-0.3, -0.25) is 0 Å². The van der Waals surface area contributed by atoms with Gasteiger partial charge >= 0.3 is 12.1 Å². The summed E-state index contributed by atoms with van der Waals surface area (Å²) in [5.41, 5.74) is 3.52. The summed E-state index contributed by atoms with van der Waals surface area (Å²) >= 11 is 0. The van der Waals surface area contributed by atoms with Crippen LogP contribution in [0.1, 0.15) is 67.8 Å². The number of aryl methyl sites for hydroxylation is 1. The molecule has 50 heavy (non-hydrogen) atoms. The number of carbonyl (C=O) groups excluding carboxylic acids is 2. The number of ether oxygens (including phenoxy) is 2. The molecular weight excluding hydrogens is 655 g/mol. The number of sulfonamides is 1. The number of furan rings is 1. The Hall–Kier alpha value is -4.35. The number of carbonyl (C=O) groups is 2. The molecule has 3 aromatic carbocycles. The maximum Gasteiger partial charge on any atom is 0.410 e. The van der Waals surface area contributed by atoms with Crippen LogP contribution in [0.5, 0.6) is 0 Å². The number of anilines is 1. The van der Waals surface area contributed by atoms with Gasteiger partial charge in [0.2, 0.25) is 15.8 Å². The minimum Gasteiger partial charge on any atom is -0.460 e. The Balaban J connectivity index is 1.23. The molecule has 0 N–H and O–H groups in total. The lowest BCUT2D eigenvalue weighted by Gasteiger charge is -2.54. The number of nitrogens with zero attached hydrogens (tertiary/aromatic N) is 3. The Kier molecular flexibility index (Phi) is 10.0. The molecule has 1 spiro atoms. The smallest absolute Gasteiger partial charge is 0.410 e. The van der Waals surface area contributed by atoms with Crippen molar-refractivity contribution < 1.29 is 31.9 Å². The Bertz CT molecular complexity index is 1950. The summed E-state index contributed by atoms with van der Waals surface area (Å²) in [7, 11) is -3.98. The predicted octanol–water partition coefficient (Wildman–Crippen LogP) is 7.19. The number of rotatable bonds is 10. The average molecular weight is 702 g/mol. The lowest BCUT2D eigenvalue weighted by atomic mass is 9.72. The predicted molar refractivity (Wildman–Crippen MR) is 193 cm³/mol. The minimum absolute atomic E-state index is 0.0778. The summed E-state index contributed by atoms with van der Waals surface area (Å²) in [5, 5.41) is 0.556. The molecule has 0 atom stereocenters. The lowest BCUT2D eigenvalue weighted by molar-refractivity contribution is -0.0434. The quantitative estimate of drug-likeness (QED) is 0.160. The van der Waals surface area contributed by atoms with Crippen LogP contribution in [0.15, 0.2) is 82.1 Å². The van der Waals surface area contributed by atoms with E-state index in [1.807, 2.05) is 69.3 Å². The fraction of sp³-hybridized carbons (Fsp3) is 0.436. The van der Waals surface area contributed by atoms with E-state index in [0.717, 1.165) is 42.7 Å². The first-order valence-electron chi connectivity index (χ1n) is 17.3. The van der Waals surface area contributed by atoms with Crippen molar-refractivity contribution in [1.29, 1.82) is 0 Å². The summed E-state index contributed by atoms with van der Waals surface area (Å²) in [6.07, 6.45) is 2.17. The first-order valence-corrected chi connectivity index (χ1v) is 18.8. The highest BCUT2D eigenvalue weighted by Gasteiger charge is 2.48. The molecule has 1 aromatic heterocycles. The van der Waals surface area contributed by atoms with Crippen molar-refractivity contribution in [2.24, 2.45) is 5.41 Å². The normalized spacial score (nSPS) is 16.1. The zero-order valence-corrected chi connectivity index (χ0v) is 30.4. The highest BCUT2D eigenvalue weighted by Crippen LogP contribution is 2.42.